The van der Waals surface area contributed by atoms with Crippen molar-refractivity contribution in [1.29, 1.82) is 0 Å². The van der Waals surface area contributed by atoms with Gasteiger partial charge in [0.05, 0.1) is 11.1 Å². The van der Waals surface area contributed by atoms with Crippen LogP contribution in [-0.4, -0.2) is 20.0 Å². The first kappa shape index (κ1) is 20.2. The maximum Gasteiger partial charge on any atom is 0.416 e. The van der Waals surface area contributed by atoms with Gasteiger partial charge < -0.3 is 5.32 Å². The minimum atomic E-state index is -4.40. The third-order valence-electron chi connectivity index (χ3n) is 5.48. The van der Waals surface area contributed by atoms with Gasteiger partial charge in [-0.1, -0.05) is 25.0 Å². The number of nitrogens with zero attached hydrogens (tertiary/aromatic N) is 3. The molecule has 0 atom stereocenters. The molecule has 1 fully saturated rings. The third-order valence-corrected chi connectivity index (χ3v) is 5.48. The van der Waals surface area contributed by atoms with Crippen molar-refractivity contribution in [3.63, 3.8) is 0 Å². The smallest absolute Gasteiger partial charge is 0.350 e. The molecule has 4 rings (SSSR count). The second-order valence-corrected chi connectivity index (χ2v) is 7.49. The number of rotatable bonds is 5. The van der Waals surface area contributed by atoms with Crippen LogP contribution in [0.4, 0.5) is 13.2 Å². The largest absolute Gasteiger partial charge is 0.416 e. The molecule has 0 unspecified atom stereocenters. The number of carbonyl (C=O) groups is 1. The molecule has 0 bridgehead atoms. The number of benzene rings is 1. The van der Waals surface area contributed by atoms with Crippen molar-refractivity contribution in [3.8, 4) is 0 Å². The normalized spacial score (nSPS) is 15.0. The van der Waals surface area contributed by atoms with Crippen LogP contribution in [0.2, 0.25) is 0 Å². The van der Waals surface area contributed by atoms with E-state index in [0.29, 0.717) is 16.7 Å². The van der Waals surface area contributed by atoms with Crippen LogP contribution in [0.1, 0.15) is 42.9 Å². The van der Waals surface area contributed by atoms with Crippen molar-refractivity contribution in [2.75, 3.05) is 0 Å². The Hall–Kier alpha value is -3.10. The summed E-state index contributed by atoms with van der Waals surface area (Å²) < 4.78 is 41.0. The van der Waals surface area contributed by atoms with E-state index in [1.165, 1.54) is 16.7 Å². The summed E-state index contributed by atoms with van der Waals surface area (Å²) in [6.07, 6.45) is 1.17. The van der Waals surface area contributed by atoms with Crippen LogP contribution >= 0.6 is 0 Å². The van der Waals surface area contributed by atoms with E-state index in [-0.39, 0.29) is 24.8 Å². The first-order valence-corrected chi connectivity index (χ1v) is 9.83. The molecule has 0 saturated heterocycles. The van der Waals surface area contributed by atoms with Gasteiger partial charge >= 0.3 is 11.9 Å². The van der Waals surface area contributed by atoms with E-state index < -0.39 is 17.6 Å². The average Bonchev–Trinajstić information content (AvgIpc) is 3.33. The maximum atomic E-state index is 13.0. The van der Waals surface area contributed by atoms with Crippen LogP contribution in [0, 0.1) is 0 Å². The fourth-order valence-corrected chi connectivity index (χ4v) is 3.96. The zero-order chi connectivity index (χ0) is 21.3. The minimum Gasteiger partial charge on any atom is -0.350 e. The van der Waals surface area contributed by atoms with E-state index in [1.807, 2.05) is 0 Å². The van der Waals surface area contributed by atoms with Gasteiger partial charge in [0.25, 0.3) is 0 Å². The molecule has 1 aliphatic rings. The zero-order valence-corrected chi connectivity index (χ0v) is 16.2. The molecule has 6 nitrogen and oxygen atoms in total. The number of hydrogen-bond donors (Lipinski definition) is 1. The number of carbonyl (C=O) groups excluding carboxylic acids is 1. The number of alkyl halides is 3. The second kappa shape index (κ2) is 7.97. The fourth-order valence-electron chi connectivity index (χ4n) is 3.96. The molecule has 1 N–H and O–H groups in total. The maximum absolute atomic E-state index is 13.0. The monoisotopic (exact) mass is 418 g/mol. The van der Waals surface area contributed by atoms with Crippen LogP contribution in [0.25, 0.3) is 11.2 Å². The molecule has 1 aliphatic carbocycles. The topological polar surface area (TPSA) is 68.9 Å². The first-order chi connectivity index (χ1) is 14.3. The Morgan fingerprint density at radius 3 is 2.50 bits per heavy atom. The van der Waals surface area contributed by atoms with Crippen molar-refractivity contribution in [2.45, 2.75) is 51.0 Å². The predicted molar refractivity (Wildman–Crippen MR) is 105 cm³/mol. The highest BCUT2D eigenvalue weighted by atomic mass is 19.4. The second-order valence-electron chi connectivity index (χ2n) is 7.49. The summed E-state index contributed by atoms with van der Waals surface area (Å²) in [5.74, 6) is -0.397. The molecular weight excluding hydrogens is 397 g/mol. The standard InChI is InChI=1S/C21H21F3N4O2/c22-21(23,24)15-9-7-14(8-10-15)12-26-18(29)13-27-17-6-3-11-25-19(17)28(20(27)30)16-4-1-2-5-16/h3,6-11,16H,1-2,4-5,12-13H2,(H,26,29). The number of imidazole rings is 1. The molecule has 3 aromatic rings. The Balaban J connectivity index is 1.50. The molecule has 158 valence electrons. The SMILES string of the molecule is O=C(Cn1c(=O)n(C2CCCC2)c2ncccc21)NCc1ccc(C(F)(F)F)cc1. The highest BCUT2D eigenvalue weighted by Crippen LogP contribution is 2.31. The van der Waals surface area contributed by atoms with Crippen LogP contribution < -0.4 is 11.0 Å². The number of pyridine rings is 1. The Bertz CT molecular complexity index is 1110. The van der Waals surface area contributed by atoms with Crippen LogP contribution in [0.5, 0.6) is 0 Å². The molecule has 0 radical (unpaired) electrons. The summed E-state index contributed by atoms with van der Waals surface area (Å²) >= 11 is 0. The van der Waals surface area contributed by atoms with Gasteiger partial charge in [0.15, 0.2) is 5.65 Å². The number of amides is 1. The van der Waals surface area contributed by atoms with Crippen LogP contribution in [-0.2, 0) is 24.1 Å². The average molecular weight is 418 g/mol. The van der Waals surface area contributed by atoms with E-state index in [4.69, 9.17) is 0 Å². The Labute approximate surface area is 170 Å². The van der Waals surface area contributed by atoms with Crippen LogP contribution in [0.3, 0.4) is 0 Å². The van der Waals surface area contributed by atoms with Crippen molar-refractivity contribution < 1.29 is 18.0 Å². The molecule has 30 heavy (non-hydrogen) atoms. The lowest BCUT2D eigenvalue weighted by Crippen LogP contribution is -2.33. The van der Waals surface area contributed by atoms with E-state index >= 15 is 0 Å². The van der Waals surface area contributed by atoms with Gasteiger partial charge in [0, 0.05) is 18.8 Å². The summed E-state index contributed by atoms with van der Waals surface area (Å²) in [4.78, 5) is 29.8. The predicted octanol–water partition coefficient (Wildman–Crippen LogP) is 3.65. The van der Waals surface area contributed by atoms with Gasteiger partial charge in [0.1, 0.15) is 6.54 Å². The summed E-state index contributed by atoms with van der Waals surface area (Å²) in [5, 5.41) is 2.67. The highest BCUT2D eigenvalue weighted by Gasteiger charge is 2.30. The summed E-state index contributed by atoms with van der Waals surface area (Å²) in [6, 6.07) is 8.18. The third kappa shape index (κ3) is 3.96. The van der Waals surface area contributed by atoms with Gasteiger partial charge in [0.2, 0.25) is 5.91 Å². The quantitative estimate of drug-likeness (QED) is 0.688. The van der Waals surface area contributed by atoms with Crippen molar-refractivity contribution >= 4 is 17.1 Å². The molecular formula is C21H21F3N4O2. The minimum absolute atomic E-state index is 0.0746. The highest BCUT2D eigenvalue weighted by molar-refractivity contribution is 5.79. The molecule has 1 saturated carbocycles. The molecule has 9 heteroatoms. The summed E-state index contributed by atoms with van der Waals surface area (Å²) in [6.45, 7) is -0.105. The number of fused-ring (bicyclic) bond motifs is 1. The first-order valence-electron chi connectivity index (χ1n) is 9.83. The van der Waals surface area contributed by atoms with E-state index in [2.05, 4.69) is 10.3 Å². The zero-order valence-electron chi connectivity index (χ0n) is 16.2. The van der Waals surface area contributed by atoms with Gasteiger partial charge in [-0.15, -0.1) is 0 Å². The molecule has 1 amide bonds. The molecule has 0 spiro atoms. The van der Waals surface area contributed by atoms with Crippen molar-refractivity contribution in [1.82, 2.24) is 19.4 Å². The molecule has 2 aromatic heterocycles. The summed E-state index contributed by atoms with van der Waals surface area (Å²) in [5.41, 5.74) is 0.708. The number of halogens is 3. The van der Waals surface area contributed by atoms with Gasteiger partial charge in [-0.05, 0) is 42.7 Å². The molecule has 0 aliphatic heterocycles. The van der Waals surface area contributed by atoms with E-state index in [0.717, 1.165) is 37.8 Å². The Morgan fingerprint density at radius 1 is 1.13 bits per heavy atom. The fraction of sp³-hybridized carbons (Fsp3) is 0.381. The van der Waals surface area contributed by atoms with Crippen molar-refractivity contribution in [2.24, 2.45) is 0 Å². The molecule has 1 aromatic carbocycles. The molecule has 2 heterocycles. The van der Waals surface area contributed by atoms with Gasteiger partial charge in [-0.2, -0.15) is 13.2 Å². The van der Waals surface area contributed by atoms with Crippen molar-refractivity contribution in [3.05, 3.63) is 64.2 Å². The lowest BCUT2D eigenvalue weighted by atomic mass is 10.1. The van der Waals surface area contributed by atoms with E-state index in [9.17, 15) is 22.8 Å². The number of hydrogen-bond acceptors (Lipinski definition) is 3. The number of nitrogens with one attached hydrogen (secondary N) is 1. The van der Waals surface area contributed by atoms with E-state index in [1.54, 1.807) is 22.9 Å². The Kier molecular flexibility index (Phi) is 5.36. The lowest BCUT2D eigenvalue weighted by molar-refractivity contribution is -0.137. The summed E-state index contributed by atoms with van der Waals surface area (Å²) in [7, 11) is 0. The van der Waals surface area contributed by atoms with Gasteiger partial charge in [-0.3, -0.25) is 13.9 Å². The lowest BCUT2D eigenvalue weighted by Gasteiger charge is -2.10. The Morgan fingerprint density at radius 2 is 1.83 bits per heavy atom. The number of aromatic nitrogens is 3. The van der Waals surface area contributed by atoms with Gasteiger partial charge in [-0.25, -0.2) is 9.78 Å². The van der Waals surface area contributed by atoms with Crippen LogP contribution in [0.15, 0.2) is 47.4 Å².